The van der Waals surface area contributed by atoms with Crippen LogP contribution < -0.4 is 15.5 Å². The fourth-order valence-electron chi connectivity index (χ4n) is 3.71. The van der Waals surface area contributed by atoms with Crippen molar-refractivity contribution in [3.63, 3.8) is 0 Å². The fraction of sp³-hybridized carbons (Fsp3) is 0.389. The maximum Gasteiger partial charge on any atom is 0.316 e. The summed E-state index contributed by atoms with van der Waals surface area (Å²) in [6, 6.07) is 6.16. The lowest BCUT2D eigenvalue weighted by Crippen LogP contribution is -2.48. The molecule has 8 nitrogen and oxygen atoms in total. The maximum absolute atomic E-state index is 12.5. The number of aryl methyl sites for hydroxylation is 1. The molecule has 3 N–H and O–H groups in total. The summed E-state index contributed by atoms with van der Waals surface area (Å²) in [5.74, 6) is -0.152. The van der Waals surface area contributed by atoms with E-state index in [1.54, 1.807) is 29.0 Å². The number of carbonyl (C=O) groups excluding carboxylic acids is 2. The van der Waals surface area contributed by atoms with E-state index in [0.29, 0.717) is 19.4 Å². The minimum absolute atomic E-state index is 0.152. The van der Waals surface area contributed by atoms with Gasteiger partial charge >= 0.3 is 6.03 Å². The molecule has 3 unspecified atom stereocenters. The van der Waals surface area contributed by atoms with Crippen LogP contribution in [-0.4, -0.2) is 45.5 Å². The van der Waals surface area contributed by atoms with E-state index in [-0.39, 0.29) is 5.91 Å². The maximum atomic E-state index is 12.5. The Kier molecular flexibility index (Phi) is 4.12. The molecule has 1 aliphatic heterocycles. The number of anilines is 1. The van der Waals surface area contributed by atoms with Gasteiger partial charge in [-0.15, -0.1) is 0 Å². The normalized spacial score (nSPS) is 24.6. The molecule has 3 atom stereocenters. The molecule has 2 heterocycles. The summed E-state index contributed by atoms with van der Waals surface area (Å²) in [5, 5.41) is 19.9. The van der Waals surface area contributed by atoms with Gasteiger partial charge in [-0.3, -0.25) is 9.48 Å². The quantitative estimate of drug-likeness (QED) is 0.746. The van der Waals surface area contributed by atoms with Crippen molar-refractivity contribution in [2.75, 3.05) is 11.4 Å². The van der Waals surface area contributed by atoms with Gasteiger partial charge in [0.05, 0.1) is 24.0 Å². The number of nitrogens with one attached hydrogen (secondary N) is 2. The zero-order chi connectivity index (χ0) is 18.3. The molecule has 0 saturated carbocycles. The number of hydrogen-bond acceptors (Lipinski definition) is 4. The van der Waals surface area contributed by atoms with Crippen LogP contribution in [0.1, 0.15) is 23.6 Å². The van der Waals surface area contributed by atoms with E-state index < -0.39 is 24.2 Å². The second kappa shape index (κ2) is 6.45. The van der Waals surface area contributed by atoms with Gasteiger partial charge in [0.15, 0.2) is 0 Å². The second-order valence-corrected chi connectivity index (χ2v) is 6.77. The predicted molar refractivity (Wildman–Crippen MR) is 94.5 cm³/mol. The number of aliphatic hydroxyl groups excluding tert-OH is 1. The van der Waals surface area contributed by atoms with Crippen LogP contribution in [0.4, 0.5) is 10.5 Å². The Balaban J connectivity index is 1.39. The molecule has 0 bridgehead atoms. The molecular weight excluding hydrogens is 334 g/mol. The van der Waals surface area contributed by atoms with E-state index in [4.69, 9.17) is 0 Å². The first-order valence-corrected chi connectivity index (χ1v) is 8.66. The first-order chi connectivity index (χ1) is 12.5. The molecule has 3 amide bonds. The Morgan fingerprint density at radius 1 is 1.31 bits per heavy atom. The van der Waals surface area contributed by atoms with E-state index in [2.05, 4.69) is 15.7 Å². The molecule has 2 aliphatic rings. The number of aromatic nitrogens is 2. The van der Waals surface area contributed by atoms with Gasteiger partial charge in [0, 0.05) is 26.2 Å². The van der Waals surface area contributed by atoms with Crippen LogP contribution in [0.5, 0.6) is 0 Å². The van der Waals surface area contributed by atoms with Gasteiger partial charge in [0.1, 0.15) is 6.04 Å². The van der Waals surface area contributed by atoms with Crippen molar-refractivity contribution in [1.29, 1.82) is 0 Å². The standard InChI is InChI=1S/C18H21N5O3/c1-22-10-12(9-19-22)23-7-6-14(17(23)25)20-18(26)21-16-13-5-3-2-4-11(13)8-15(16)24/h2-5,9-10,14-16,24H,6-8H2,1H3,(H2,20,21,26). The lowest BCUT2D eigenvalue weighted by atomic mass is 10.1. The average Bonchev–Trinajstić information content (AvgIpc) is 3.27. The minimum atomic E-state index is -0.663. The number of aliphatic hydroxyl groups is 1. The molecular formula is C18H21N5O3. The molecule has 1 saturated heterocycles. The number of benzene rings is 1. The van der Waals surface area contributed by atoms with E-state index in [1.807, 2.05) is 24.3 Å². The van der Waals surface area contributed by atoms with Gasteiger partial charge in [0.25, 0.3) is 0 Å². The van der Waals surface area contributed by atoms with Crippen molar-refractivity contribution in [2.45, 2.75) is 31.0 Å². The molecule has 8 heteroatoms. The zero-order valence-corrected chi connectivity index (χ0v) is 14.4. The summed E-state index contributed by atoms with van der Waals surface area (Å²) in [6.45, 7) is 0.532. The smallest absolute Gasteiger partial charge is 0.316 e. The molecule has 26 heavy (non-hydrogen) atoms. The topological polar surface area (TPSA) is 99.5 Å². The Labute approximate surface area is 150 Å². The molecule has 2 aromatic rings. The molecule has 1 aromatic carbocycles. The molecule has 0 spiro atoms. The summed E-state index contributed by atoms with van der Waals surface area (Å²) >= 11 is 0. The van der Waals surface area contributed by atoms with Crippen molar-refractivity contribution in [3.05, 3.63) is 47.8 Å². The Hall–Kier alpha value is -2.87. The zero-order valence-electron chi connectivity index (χ0n) is 14.4. The van der Waals surface area contributed by atoms with E-state index >= 15 is 0 Å². The predicted octanol–water partition coefficient (Wildman–Crippen LogP) is 0.483. The van der Waals surface area contributed by atoms with Gasteiger partial charge in [-0.05, 0) is 17.5 Å². The molecule has 1 aromatic heterocycles. The Morgan fingerprint density at radius 3 is 2.88 bits per heavy atom. The van der Waals surface area contributed by atoms with Gasteiger partial charge in [-0.1, -0.05) is 24.3 Å². The van der Waals surface area contributed by atoms with Crippen molar-refractivity contribution in [2.24, 2.45) is 7.05 Å². The van der Waals surface area contributed by atoms with Gasteiger partial charge in [-0.25, -0.2) is 4.79 Å². The summed E-state index contributed by atoms with van der Waals surface area (Å²) in [7, 11) is 1.79. The first-order valence-electron chi connectivity index (χ1n) is 8.66. The second-order valence-electron chi connectivity index (χ2n) is 6.77. The van der Waals surface area contributed by atoms with Crippen LogP contribution in [0.25, 0.3) is 0 Å². The Morgan fingerprint density at radius 2 is 2.12 bits per heavy atom. The highest BCUT2D eigenvalue weighted by Crippen LogP contribution is 2.31. The summed E-state index contributed by atoms with van der Waals surface area (Å²) in [6.07, 6.45) is 3.78. The lowest BCUT2D eigenvalue weighted by Gasteiger charge is -2.20. The van der Waals surface area contributed by atoms with Crippen molar-refractivity contribution in [1.82, 2.24) is 20.4 Å². The molecule has 4 rings (SSSR count). The fourth-order valence-corrected chi connectivity index (χ4v) is 3.71. The van der Waals surface area contributed by atoms with E-state index in [9.17, 15) is 14.7 Å². The highest BCUT2D eigenvalue weighted by molar-refractivity contribution is 6.01. The van der Waals surface area contributed by atoms with Crippen LogP contribution in [0.15, 0.2) is 36.7 Å². The van der Waals surface area contributed by atoms with Crippen LogP contribution in [0.2, 0.25) is 0 Å². The minimum Gasteiger partial charge on any atom is -0.390 e. The monoisotopic (exact) mass is 355 g/mol. The highest BCUT2D eigenvalue weighted by Gasteiger charge is 2.36. The van der Waals surface area contributed by atoms with E-state index in [1.165, 1.54) is 0 Å². The number of nitrogens with zero attached hydrogens (tertiary/aromatic N) is 3. The van der Waals surface area contributed by atoms with Crippen molar-refractivity contribution in [3.8, 4) is 0 Å². The van der Waals surface area contributed by atoms with Crippen LogP contribution in [0, 0.1) is 0 Å². The number of urea groups is 1. The third-order valence-electron chi connectivity index (χ3n) is 5.00. The van der Waals surface area contributed by atoms with Gasteiger partial charge < -0.3 is 20.6 Å². The van der Waals surface area contributed by atoms with Crippen LogP contribution >= 0.6 is 0 Å². The number of carbonyl (C=O) groups is 2. The number of fused-ring (bicyclic) bond motifs is 1. The third-order valence-corrected chi connectivity index (χ3v) is 5.00. The van der Waals surface area contributed by atoms with Crippen molar-refractivity contribution >= 4 is 17.6 Å². The Bertz CT molecular complexity index is 849. The first kappa shape index (κ1) is 16.6. The molecule has 136 valence electrons. The average molecular weight is 355 g/mol. The van der Waals surface area contributed by atoms with Gasteiger partial charge in [0.2, 0.25) is 5.91 Å². The third kappa shape index (κ3) is 2.92. The highest BCUT2D eigenvalue weighted by atomic mass is 16.3. The molecule has 0 radical (unpaired) electrons. The number of hydrogen-bond donors (Lipinski definition) is 3. The number of rotatable bonds is 3. The number of amides is 3. The molecule has 1 aliphatic carbocycles. The summed E-state index contributed by atoms with van der Waals surface area (Å²) < 4.78 is 1.63. The van der Waals surface area contributed by atoms with Crippen LogP contribution in [0.3, 0.4) is 0 Å². The van der Waals surface area contributed by atoms with Gasteiger partial charge in [-0.2, -0.15) is 5.10 Å². The van der Waals surface area contributed by atoms with E-state index in [0.717, 1.165) is 16.8 Å². The summed E-state index contributed by atoms with van der Waals surface area (Å²) in [5.41, 5.74) is 2.68. The molecule has 1 fully saturated rings. The van der Waals surface area contributed by atoms with Crippen LogP contribution in [-0.2, 0) is 18.3 Å². The largest absolute Gasteiger partial charge is 0.390 e. The summed E-state index contributed by atoms with van der Waals surface area (Å²) in [4.78, 5) is 26.6. The van der Waals surface area contributed by atoms with Crippen molar-refractivity contribution < 1.29 is 14.7 Å². The lowest BCUT2D eigenvalue weighted by molar-refractivity contribution is -0.118. The SMILES string of the molecule is Cn1cc(N2CCC(NC(=O)NC3c4ccccc4CC3O)C2=O)cn1.